The van der Waals surface area contributed by atoms with Crippen LogP contribution in [0, 0.1) is 6.92 Å². The van der Waals surface area contributed by atoms with E-state index >= 15 is 0 Å². The number of aliphatic hydroxyl groups is 1. The first-order chi connectivity index (χ1) is 13.3. The number of nitrogens with zero attached hydrogens (tertiary/aromatic N) is 7. The average molecular weight is 383 g/mol. The van der Waals surface area contributed by atoms with Crippen LogP contribution in [-0.4, -0.2) is 59.0 Å². The van der Waals surface area contributed by atoms with Crippen LogP contribution in [0.1, 0.15) is 42.5 Å². The quantitative estimate of drug-likeness (QED) is 0.664. The predicted molar refractivity (Wildman–Crippen MR) is 103 cm³/mol. The molecule has 148 valence electrons. The van der Waals surface area contributed by atoms with Crippen molar-refractivity contribution < 1.29 is 9.90 Å². The third-order valence-corrected chi connectivity index (χ3v) is 4.41. The summed E-state index contributed by atoms with van der Waals surface area (Å²) in [6.07, 6.45) is 3.15. The molecule has 3 rings (SSSR count). The molecule has 28 heavy (non-hydrogen) atoms. The summed E-state index contributed by atoms with van der Waals surface area (Å²) in [7, 11) is 0. The zero-order valence-corrected chi connectivity index (χ0v) is 16.6. The van der Waals surface area contributed by atoms with E-state index in [1.807, 2.05) is 32.0 Å². The Morgan fingerprint density at radius 3 is 2.46 bits per heavy atom. The van der Waals surface area contributed by atoms with Gasteiger partial charge in [0.05, 0.1) is 35.9 Å². The van der Waals surface area contributed by atoms with Crippen molar-refractivity contribution in [1.82, 2.24) is 34.9 Å². The number of likely N-dealkylation sites (N-methyl/N-ethyl adjacent to an activating group) is 1. The van der Waals surface area contributed by atoms with Gasteiger partial charge in [-0.15, -0.1) is 0 Å². The number of carbonyl (C=O) groups excluding carboxylic acids is 1. The Morgan fingerprint density at radius 1 is 1.18 bits per heavy atom. The molecule has 9 nitrogen and oxygen atoms in total. The summed E-state index contributed by atoms with van der Waals surface area (Å²) in [5.41, 5.74) is 1.32. The molecular formula is C19H25N7O2. The first-order valence-electron chi connectivity index (χ1n) is 9.21. The summed E-state index contributed by atoms with van der Waals surface area (Å²) in [4.78, 5) is 17.8. The Labute approximate surface area is 163 Å². The van der Waals surface area contributed by atoms with E-state index in [2.05, 4.69) is 20.4 Å². The molecule has 0 aliphatic rings. The van der Waals surface area contributed by atoms with Crippen molar-refractivity contribution in [2.75, 3.05) is 13.1 Å². The van der Waals surface area contributed by atoms with Crippen molar-refractivity contribution in [1.29, 1.82) is 0 Å². The monoisotopic (exact) mass is 383 g/mol. The first-order valence-corrected chi connectivity index (χ1v) is 9.21. The van der Waals surface area contributed by atoms with Gasteiger partial charge in [-0.3, -0.25) is 4.79 Å². The van der Waals surface area contributed by atoms with E-state index in [4.69, 9.17) is 0 Å². The molecule has 1 aromatic carbocycles. The number of hydrogen-bond donors (Lipinski definition) is 1. The summed E-state index contributed by atoms with van der Waals surface area (Å²) in [5.74, 6) is -0.109. The van der Waals surface area contributed by atoms with Gasteiger partial charge in [0.15, 0.2) is 0 Å². The molecule has 0 fully saturated rings. The van der Waals surface area contributed by atoms with Gasteiger partial charge in [-0.1, -0.05) is 12.1 Å². The van der Waals surface area contributed by atoms with Crippen molar-refractivity contribution >= 4 is 5.91 Å². The number of amides is 1. The molecule has 2 aromatic heterocycles. The van der Waals surface area contributed by atoms with Crippen molar-refractivity contribution in [2.24, 2.45) is 0 Å². The van der Waals surface area contributed by atoms with Gasteiger partial charge in [0.2, 0.25) is 0 Å². The van der Waals surface area contributed by atoms with Gasteiger partial charge in [0.25, 0.3) is 5.91 Å². The minimum absolute atomic E-state index is 0.109. The van der Waals surface area contributed by atoms with Crippen LogP contribution in [0.25, 0.3) is 5.69 Å². The highest BCUT2D eigenvalue weighted by molar-refractivity contribution is 5.97. The molecule has 0 atom stereocenters. The van der Waals surface area contributed by atoms with Crippen LogP contribution in [0.3, 0.4) is 0 Å². The van der Waals surface area contributed by atoms with Gasteiger partial charge in [-0.05, 0) is 39.8 Å². The number of benzene rings is 1. The van der Waals surface area contributed by atoms with E-state index < -0.39 is 5.60 Å². The molecule has 0 radical (unpaired) electrons. The van der Waals surface area contributed by atoms with E-state index in [0.717, 1.165) is 0 Å². The van der Waals surface area contributed by atoms with E-state index in [1.165, 1.54) is 9.59 Å². The van der Waals surface area contributed by atoms with Gasteiger partial charge < -0.3 is 10.0 Å². The number of aromatic nitrogens is 6. The molecule has 0 spiro atoms. The molecule has 2 heterocycles. The molecule has 0 saturated heterocycles. The second kappa shape index (κ2) is 7.89. The van der Waals surface area contributed by atoms with Crippen molar-refractivity contribution in [3.05, 3.63) is 53.6 Å². The minimum Gasteiger partial charge on any atom is -0.384 e. The Bertz CT molecular complexity index is 942. The minimum atomic E-state index is -1.06. The van der Waals surface area contributed by atoms with Crippen LogP contribution in [-0.2, 0) is 12.1 Å². The summed E-state index contributed by atoms with van der Waals surface area (Å²) in [5, 5.41) is 27.2. The Hall–Kier alpha value is -3.07. The second-order valence-corrected chi connectivity index (χ2v) is 7.01. The van der Waals surface area contributed by atoms with Crippen LogP contribution in [0.15, 0.2) is 36.7 Å². The van der Waals surface area contributed by atoms with Gasteiger partial charge in [-0.2, -0.15) is 30.0 Å². The molecule has 3 aromatic rings. The van der Waals surface area contributed by atoms with E-state index in [-0.39, 0.29) is 5.91 Å². The molecule has 1 N–H and O–H groups in total. The number of carbonyl (C=O) groups is 1. The van der Waals surface area contributed by atoms with E-state index in [9.17, 15) is 9.90 Å². The Morgan fingerprint density at radius 2 is 1.86 bits per heavy atom. The average Bonchev–Trinajstić information content (AvgIpc) is 3.31. The lowest BCUT2D eigenvalue weighted by Gasteiger charge is -2.21. The molecule has 0 bridgehead atoms. The van der Waals surface area contributed by atoms with Gasteiger partial charge >= 0.3 is 0 Å². The third-order valence-electron chi connectivity index (χ3n) is 4.41. The smallest absolute Gasteiger partial charge is 0.256 e. The molecule has 0 unspecified atom stereocenters. The van der Waals surface area contributed by atoms with Crippen LogP contribution < -0.4 is 0 Å². The maximum absolute atomic E-state index is 13.1. The Kier molecular flexibility index (Phi) is 5.55. The molecule has 0 saturated carbocycles. The molecule has 0 aliphatic heterocycles. The third kappa shape index (κ3) is 4.09. The summed E-state index contributed by atoms with van der Waals surface area (Å²) < 4.78 is 0. The van der Waals surface area contributed by atoms with Gasteiger partial charge in [0, 0.05) is 13.1 Å². The summed E-state index contributed by atoms with van der Waals surface area (Å²) in [6, 6.07) is 7.25. The number of rotatable bonds is 7. The van der Waals surface area contributed by atoms with Crippen molar-refractivity contribution in [3.8, 4) is 5.69 Å². The van der Waals surface area contributed by atoms with E-state index in [1.54, 1.807) is 37.2 Å². The summed E-state index contributed by atoms with van der Waals surface area (Å²) in [6.45, 7) is 8.50. The fraction of sp³-hybridized carbons (Fsp3) is 0.421. The molecule has 1 amide bonds. The fourth-order valence-electron chi connectivity index (χ4n) is 3.05. The largest absolute Gasteiger partial charge is 0.384 e. The first kappa shape index (κ1) is 19.7. The maximum Gasteiger partial charge on any atom is 0.256 e. The maximum atomic E-state index is 13.1. The number of para-hydroxylation sites is 1. The van der Waals surface area contributed by atoms with E-state index in [0.29, 0.717) is 42.3 Å². The van der Waals surface area contributed by atoms with Gasteiger partial charge in [-0.25, -0.2) is 0 Å². The highest BCUT2D eigenvalue weighted by Gasteiger charge is 2.24. The molecular weight excluding hydrogens is 358 g/mol. The molecule has 9 heteroatoms. The topological polar surface area (TPSA) is 102 Å². The number of hydrogen-bond acceptors (Lipinski definition) is 6. The predicted octanol–water partition coefficient (Wildman–Crippen LogP) is 1.56. The van der Waals surface area contributed by atoms with Crippen LogP contribution in [0.5, 0.6) is 0 Å². The highest BCUT2D eigenvalue weighted by Crippen LogP contribution is 2.19. The zero-order chi connectivity index (χ0) is 20.3. The second-order valence-electron chi connectivity index (χ2n) is 7.01. The van der Waals surface area contributed by atoms with Crippen LogP contribution >= 0.6 is 0 Å². The lowest BCUT2D eigenvalue weighted by molar-refractivity contribution is 0.0710. The highest BCUT2D eigenvalue weighted by atomic mass is 16.3. The summed E-state index contributed by atoms with van der Waals surface area (Å²) >= 11 is 0. The molecule has 0 aliphatic carbocycles. The zero-order valence-electron chi connectivity index (χ0n) is 16.6. The van der Waals surface area contributed by atoms with Crippen LogP contribution in [0.2, 0.25) is 0 Å². The van der Waals surface area contributed by atoms with Crippen LogP contribution in [0.4, 0.5) is 0 Å². The van der Waals surface area contributed by atoms with Crippen molar-refractivity contribution in [2.45, 2.75) is 39.8 Å². The number of aryl methyl sites for hydroxylation is 1. The lowest BCUT2D eigenvalue weighted by Crippen LogP contribution is -2.35. The standard InChI is InChI=1S/C19H25N7O2/c1-5-24(12-13-25-22-14(2)17(23-25)19(3,4)28)18(27)15-8-6-7-9-16(15)26-20-10-11-21-26/h6-11,28H,5,12-13H2,1-4H3. The fourth-order valence-corrected chi connectivity index (χ4v) is 3.05. The normalized spacial score (nSPS) is 11.6. The van der Waals surface area contributed by atoms with Gasteiger partial charge in [0.1, 0.15) is 11.3 Å². The lowest BCUT2D eigenvalue weighted by atomic mass is 10.0. The van der Waals surface area contributed by atoms with Crippen molar-refractivity contribution in [3.63, 3.8) is 0 Å². The Balaban J connectivity index is 1.77. The SMILES string of the molecule is CCN(CCn1nc(C)c(C(C)(C)O)n1)C(=O)c1ccccc1-n1nccn1.